The Balaban J connectivity index is 3.39. The summed E-state index contributed by atoms with van der Waals surface area (Å²) < 4.78 is 76.7. The molecule has 0 aliphatic rings. The van der Waals surface area contributed by atoms with Gasteiger partial charge in [0.25, 0.3) is 0 Å². The summed E-state index contributed by atoms with van der Waals surface area (Å²) in [7, 11) is 0. The Labute approximate surface area is 115 Å². The van der Waals surface area contributed by atoms with Crippen molar-refractivity contribution >= 4 is 34.2 Å². The Kier molecular flexibility index (Phi) is 4.57. The number of hydrogen-bond acceptors (Lipinski definition) is 2. The molecule has 102 valence electrons. The molecular formula is C8H3ClF6INO. The number of halogens is 8. The zero-order chi connectivity index (χ0) is 14.1. The molecule has 0 aliphatic carbocycles. The van der Waals surface area contributed by atoms with Crippen LogP contribution in [0.1, 0.15) is 11.3 Å². The summed E-state index contributed by atoms with van der Waals surface area (Å²) in [6, 6.07) is 0.427. The van der Waals surface area contributed by atoms with Crippen LogP contribution in [0, 0.1) is 3.70 Å². The Bertz CT molecular complexity index is 446. The molecule has 10 heteroatoms. The van der Waals surface area contributed by atoms with Crippen LogP contribution in [-0.2, 0) is 12.1 Å². The van der Waals surface area contributed by atoms with Gasteiger partial charge in [0, 0.05) is 0 Å². The van der Waals surface area contributed by atoms with Gasteiger partial charge >= 0.3 is 12.5 Å². The highest BCUT2D eigenvalue weighted by Crippen LogP contribution is 2.40. The second-order valence-electron chi connectivity index (χ2n) is 2.96. The Morgan fingerprint density at radius 3 is 2.17 bits per heavy atom. The van der Waals surface area contributed by atoms with Gasteiger partial charge in [-0.3, -0.25) is 0 Å². The summed E-state index contributed by atoms with van der Waals surface area (Å²) in [5.41, 5.74) is -1.75. The standard InChI is InChI=1S/C8H3ClF6INO/c9-2-3-1-4(7(10,11)12)5(6(16)17-3)18-8(13,14)15/h1H,2H2. The second-order valence-corrected chi connectivity index (χ2v) is 4.25. The molecule has 0 aliphatic heterocycles. The van der Waals surface area contributed by atoms with E-state index < -0.39 is 27.6 Å². The van der Waals surface area contributed by atoms with Gasteiger partial charge < -0.3 is 4.74 Å². The van der Waals surface area contributed by atoms with Crippen molar-refractivity contribution in [3.63, 3.8) is 0 Å². The van der Waals surface area contributed by atoms with Crippen molar-refractivity contribution in [3.05, 3.63) is 21.0 Å². The van der Waals surface area contributed by atoms with Crippen LogP contribution in [0.15, 0.2) is 6.07 Å². The molecule has 0 radical (unpaired) electrons. The van der Waals surface area contributed by atoms with Gasteiger partial charge in [-0.15, -0.1) is 24.8 Å². The first kappa shape index (κ1) is 15.6. The molecule has 0 aromatic carbocycles. The third-order valence-electron chi connectivity index (χ3n) is 1.64. The van der Waals surface area contributed by atoms with Crippen LogP contribution in [0.2, 0.25) is 0 Å². The minimum Gasteiger partial charge on any atom is -0.402 e. The lowest BCUT2D eigenvalue weighted by atomic mass is 10.2. The number of ether oxygens (including phenoxy) is 1. The molecule has 0 saturated heterocycles. The minimum atomic E-state index is -5.23. The summed E-state index contributed by atoms with van der Waals surface area (Å²) in [6.45, 7) is 0. The van der Waals surface area contributed by atoms with Gasteiger partial charge in [0.15, 0.2) is 5.75 Å². The number of hydrogen-bond donors (Lipinski definition) is 0. The molecule has 0 atom stereocenters. The number of pyridine rings is 1. The fourth-order valence-electron chi connectivity index (χ4n) is 1.04. The summed E-state index contributed by atoms with van der Waals surface area (Å²) in [5, 5.41) is 0. The van der Waals surface area contributed by atoms with E-state index >= 15 is 0 Å². The van der Waals surface area contributed by atoms with E-state index in [0.29, 0.717) is 6.07 Å². The van der Waals surface area contributed by atoms with Crippen LogP contribution in [0.4, 0.5) is 26.3 Å². The first-order chi connectivity index (χ1) is 8.04. The highest BCUT2D eigenvalue weighted by molar-refractivity contribution is 14.1. The molecule has 0 N–H and O–H groups in total. The molecule has 1 aromatic rings. The molecule has 1 rings (SSSR count). The van der Waals surface area contributed by atoms with Crippen molar-refractivity contribution in [2.45, 2.75) is 18.4 Å². The number of aromatic nitrogens is 1. The molecular weight excluding hydrogens is 402 g/mol. The molecule has 0 spiro atoms. The molecule has 1 aromatic heterocycles. The first-order valence-electron chi connectivity index (χ1n) is 4.13. The van der Waals surface area contributed by atoms with Crippen LogP contribution in [0.25, 0.3) is 0 Å². The highest BCUT2D eigenvalue weighted by Gasteiger charge is 2.41. The van der Waals surface area contributed by atoms with E-state index in [2.05, 4.69) is 9.72 Å². The number of alkyl halides is 7. The van der Waals surface area contributed by atoms with Gasteiger partial charge in [0.1, 0.15) is 9.26 Å². The smallest absolute Gasteiger partial charge is 0.402 e. The lowest BCUT2D eigenvalue weighted by Crippen LogP contribution is -2.21. The van der Waals surface area contributed by atoms with Crippen molar-refractivity contribution in [2.75, 3.05) is 0 Å². The maximum absolute atomic E-state index is 12.6. The summed E-state index contributed by atoms with van der Waals surface area (Å²) in [4.78, 5) is 3.48. The summed E-state index contributed by atoms with van der Waals surface area (Å²) in [6.07, 6.45) is -10.2. The quantitative estimate of drug-likeness (QED) is 0.316. The largest absolute Gasteiger partial charge is 0.573 e. The summed E-state index contributed by atoms with van der Waals surface area (Å²) in [5.74, 6) is -1.73. The van der Waals surface area contributed by atoms with Gasteiger partial charge in [-0.1, -0.05) is 0 Å². The topological polar surface area (TPSA) is 22.1 Å². The van der Waals surface area contributed by atoms with Crippen molar-refractivity contribution < 1.29 is 31.1 Å². The molecule has 0 unspecified atom stereocenters. The SMILES string of the molecule is FC(F)(F)Oc1c(C(F)(F)F)cc(CCl)nc1I. The lowest BCUT2D eigenvalue weighted by Gasteiger charge is -2.17. The molecule has 0 fully saturated rings. The van der Waals surface area contributed by atoms with Crippen LogP contribution in [-0.4, -0.2) is 11.3 Å². The van der Waals surface area contributed by atoms with Crippen LogP contribution >= 0.6 is 34.2 Å². The van der Waals surface area contributed by atoms with Crippen LogP contribution in [0.3, 0.4) is 0 Å². The van der Waals surface area contributed by atoms with Crippen LogP contribution in [0.5, 0.6) is 5.75 Å². The summed E-state index contributed by atoms with van der Waals surface area (Å²) >= 11 is 6.53. The van der Waals surface area contributed by atoms with E-state index in [1.807, 2.05) is 0 Å². The molecule has 18 heavy (non-hydrogen) atoms. The molecule has 1 heterocycles. The Morgan fingerprint density at radius 1 is 1.22 bits per heavy atom. The third kappa shape index (κ3) is 4.04. The molecule has 0 bridgehead atoms. The second kappa shape index (κ2) is 5.27. The molecule has 0 saturated carbocycles. The monoisotopic (exact) mass is 405 g/mol. The average Bonchev–Trinajstić information content (AvgIpc) is 2.17. The van der Waals surface area contributed by atoms with E-state index in [9.17, 15) is 26.3 Å². The van der Waals surface area contributed by atoms with E-state index in [1.54, 1.807) is 0 Å². The van der Waals surface area contributed by atoms with E-state index in [1.165, 1.54) is 22.6 Å². The maximum Gasteiger partial charge on any atom is 0.573 e. The van der Waals surface area contributed by atoms with E-state index in [4.69, 9.17) is 11.6 Å². The number of nitrogens with zero attached hydrogens (tertiary/aromatic N) is 1. The third-order valence-corrected chi connectivity index (χ3v) is 2.65. The van der Waals surface area contributed by atoms with E-state index in [-0.39, 0.29) is 11.6 Å². The van der Waals surface area contributed by atoms with Gasteiger partial charge in [0.05, 0.1) is 11.6 Å². The minimum absolute atomic E-state index is 0.192. The predicted molar refractivity (Wildman–Crippen MR) is 58.2 cm³/mol. The maximum atomic E-state index is 12.6. The van der Waals surface area contributed by atoms with Gasteiger partial charge in [0.2, 0.25) is 0 Å². The van der Waals surface area contributed by atoms with Crippen molar-refractivity contribution in [1.82, 2.24) is 4.98 Å². The van der Waals surface area contributed by atoms with Crippen LogP contribution < -0.4 is 4.74 Å². The van der Waals surface area contributed by atoms with Gasteiger partial charge in [-0.25, -0.2) is 4.98 Å². The molecule has 2 nitrogen and oxygen atoms in total. The molecule has 0 amide bonds. The van der Waals surface area contributed by atoms with Crippen molar-refractivity contribution in [2.24, 2.45) is 0 Å². The van der Waals surface area contributed by atoms with Crippen molar-refractivity contribution in [1.29, 1.82) is 0 Å². The average molecular weight is 405 g/mol. The zero-order valence-corrected chi connectivity index (χ0v) is 11.1. The van der Waals surface area contributed by atoms with Gasteiger partial charge in [-0.2, -0.15) is 13.2 Å². The Morgan fingerprint density at radius 2 is 1.78 bits per heavy atom. The fraction of sp³-hybridized carbons (Fsp3) is 0.375. The van der Waals surface area contributed by atoms with Crippen molar-refractivity contribution in [3.8, 4) is 5.75 Å². The fourth-order valence-corrected chi connectivity index (χ4v) is 1.89. The zero-order valence-electron chi connectivity index (χ0n) is 8.16. The predicted octanol–water partition coefficient (Wildman–Crippen LogP) is 4.34. The normalized spacial score (nSPS) is 12.7. The lowest BCUT2D eigenvalue weighted by molar-refractivity contribution is -0.276. The Hall–Kier alpha value is -0.450. The number of rotatable bonds is 2. The first-order valence-corrected chi connectivity index (χ1v) is 5.74. The van der Waals surface area contributed by atoms with Gasteiger partial charge in [-0.05, 0) is 28.7 Å². The van der Waals surface area contributed by atoms with E-state index in [0.717, 1.165) is 0 Å². The highest BCUT2D eigenvalue weighted by atomic mass is 127.